The number of carbonyl (C=O) groups excluding carboxylic acids is 1. The van der Waals surface area contributed by atoms with Gasteiger partial charge in [-0.2, -0.15) is 0 Å². The number of likely N-dealkylation sites (N-methyl/N-ethyl adjacent to an activating group) is 1. The molecule has 11 heteroatoms. The molecule has 1 aliphatic rings. The highest BCUT2D eigenvalue weighted by Crippen LogP contribution is 2.31. The highest BCUT2D eigenvalue weighted by atomic mass is 16.5. The molecule has 0 bridgehead atoms. The second-order valence-corrected chi connectivity index (χ2v) is 8.18. The lowest BCUT2D eigenvalue weighted by Crippen LogP contribution is -2.30. The summed E-state index contributed by atoms with van der Waals surface area (Å²) in [6.45, 7) is 1.58. The minimum Gasteiger partial charge on any atom is -0.481 e. The number of aliphatic carboxylic acids is 1. The van der Waals surface area contributed by atoms with Gasteiger partial charge in [0.2, 0.25) is 5.91 Å². The van der Waals surface area contributed by atoms with Crippen LogP contribution < -0.4 is 5.32 Å². The maximum absolute atomic E-state index is 12.2. The Morgan fingerprint density at radius 2 is 2.03 bits per heavy atom. The molecule has 0 aromatic carbocycles. The zero-order valence-corrected chi connectivity index (χ0v) is 18.4. The van der Waals surface area contributed by atoms with E-state index < -0.39 is 5.97 Å². The number of unbranched alkanes of at least 4 members (excludes halogenated alkanes) is 2. The van der Waals surface area contributed by atoms with Crippen molar-refractivity contribution in [3.63, 3.8) is 0 Å². The summed E-state index contributed by atoms with van der Waals surface area (Å²) in [4.78, 5) is 37.9. The number of rotatable bonds is 13. The summed E-state index contributed by atoms with van der Waals surface area (Å²) in [5.74, 6) is -0.531. The molecule has 32 heavy (non-hydrogen) atoms. The van der Waals surface area contributed by atoms with Crippen LogP contribution in [0.5, 0.6) is 0 Å². The van der Waals surface area contributed by atoms with Crippen molar-refractivity contribution < 1.29 is 24.5 Å². The molecule has 0 radical (unpaired) electrons. The van der Waals surface area contributed by atoms with E-state index >= 15 is 0 Å². The molecule has 0 spiro atoms. The van der Waals surface area contributed by atoms with Crippen LogP contribution in [0.4, 0.5) is 5.82 Å². The zero-order chi connectivity index (χ0) is 22.9. The Morgan fingerprint density at radius 3 is 2.81 bits per heavy atom. The van der Waals surface area contributed by atoms with Crippen LogP contribution in [-0.2, 0) is 14.3 Å². The molecular formula is C21H32N6O5. The number of hydrogen-bond donors (Lipinski definition) is 3. The number of amides is 1. The van der Waals surface area contributed by atoms with E-state index in [0.717, 1.165) is 25.8 Å². The van der Waals surface area contributed by atoms with E-state index in [1.54, 1.807) is 6.33 Å². The monoisotopic (exact) mass is 448 g/mol. The fourth-order valence-corrected chi connectivity index (χ4v) is 3.89. The second kappa shape index (κ2) is 11.8. The lowest BCUT2D eigenvalue weighted by atomic mass is 10.2. The summed E-state index contributed by atoms with van der Waals surface area (Å²) in [5, 5.41) is 20.4. The second-order valence-electron chi connectivity index (χ2n) is 8.18. The van der Waals surface area contributed by atoms with Crippen molar-refractivity contribution in [2.45, 2.75) is 63.7 Å². The van der Waals surface area contributed by atoms with Crippen LogP contribution in [0, 0.1) is 0 Å². The van der Waals surface area contributed by atoms with Gasteiger partial charge >= 0.3 is 5.97 Å². The van der Waals surface area contributed by atoms with Crippen LogP contribution >= 0.6 is 0 Å². The zero-order valence-electron chi connectivity index (χ0n) is 18.4. The Bertz CT molecular complexity index is 904. The molecular weight excluding hydrogens is 416 g/mol. The van der Waals surface area contributed by atoms with Gasteiger partial charge in [0.05, 0.1) is 12.4 Å². The Hall–Kier alpha value is -2.63. The van der Waals surface area contributed by atoms with Crippen molar-refractivity contribution in [3.8, 4) is 0 Å². The van der Waals surface area contributed by atoms with Gasteiger partial charge in [-0.3, -0.25) is 14.2 Å². The summed E-state index contributed by atoms with van der Waals surface area (Å²) in [6.07, 6.45) is 7.96. The van der Waals surface area contributed by atoms with E-state index in [0.29, 0.717) is 49.2 Å². The number of aliphatic hydroxyl groups is 1. The van der Waals surface area contributed by atoms with Gasteiger partial charge in [0, 0.05) is 26.0 Å². The summed E-state index contributed by atoms with van der Waals surface area (Å²) < 4.78 is 8.08. The summed E-state index contributed by atoms with van der Waals surface area (Å²) in [5.41, 5.74) is 1.13. The number of fused-ring (bicyclic) bond motifs is 1. The molecule has 0 saturated carbocycles. The number of imidazole rings is 1. The fourth-order valence-electron chi connectivity index (χ4n) is 3.89. The van der Waals surface area contributed by atoms with Crippen molar-refractivity contribution >= 4 is 28.9 Å². The summed E-state index contributed by atoms with van der Waals surface area (Å²) >= 11 is 0. The van der Waals surface area contributed by atoms with Crippen LogP contribution in [-0.4, -0.2) is 79.4 Å². The minimum atomic E-state index is -0.776. The van der Waals surface area contributed by atoms with E-state index in [1.807, 2.05) is 11.6 Å². The average Bonchev–Trinajstić information content (AvgIpc) is 3.38. The Morgan fingerprint density at radius 1 is 1.19 bits per heavy atom. The molecule has 2 aromatic heterocycles. The van der Waals surface area contributed by atoms with E-state index in [4.69, 9.17) is 14.9 Å². The number of anilines is 1. The number of nitrogens with one attached hydrogen (secondary N) is 1. The molecule has 1 fully saturated rings. The first kappa shape index (κ1) is 24.0. The first-order chi connectivity index (χ1) is 15.5. The van der Waals surface area contributed by atoms with Gasteiger partial charge < -0.3 is 25.2 Å². The highest BCUT2D eigenvalue weighted by molar-refractivity contribution is 5.96. The van der Waals surface area contributed by atoms with Crippen molar-refractivity contribution in [3.05, 3.63) is 12.7 Å². The van der Waals surface area contributed by atoms with Crippen LogP contribution in [0.25, 0.3) is 11.2 Å². The van der Waals surface area contributed by atoms with Crippen LogP contribution in [0.1, 0.15) is 57.6 Å². The molecule has 3 rings (SSSR count). The smallest absolute Gasteiger partial charge is 0.303 e. The third kappa shape index (κ3) is 6.68. The van der Waals surface area contributed by atoms with Gasteiger partial charge in [-0.05, 0) is 45.7 Å². The van der Waals surface area contributed by atoms with Crippen LogP contribution in [0.2, 0.25) is 0 Å². The van der Waals surface area contributed by atoms with Gasteiger partial charge in [-0.1, -0.05) is 6.42 Å². The van der Waals surface area contributed by atoms with Crippen molar-refractivity contribution in [1.82, 2.24) is 24.4 Å². The van der Waals surface area contributed by atoms with Crippen LogP contribution in [0.3, 0.4) is 0 Å². The maximum Gasteiger partial charge on any atom is 0.303 e. The van der Waals surface area contributed by atoms with Gasteiger partial charge in [-0.25, -0.2) is 15.0 Å². The number of nitrogens with zero attached hydrogens (tertiary/aromatic N) is 5. The van der Waals surface area contributed by atoms with Gasteiger partial charge in [0.15, 0.2) is 17.0 Å². The Balaban J connectivity index is 1.56. The van der Waals surface area contributed by atoms with Crippen molar-refractivity contribution in [2.24, 2.45) is 0 Å². The average molecular weight is 449 g/mol. The Kier molecular flexibility index (Phi) is 8.89. The largest absolute Gasteiger partial charge is 0.481 e. The molecule has 3 heterocycles. The lowest BCUT2D eigenvalue weighted by Gasteiger charge is -2.21. The van der Waals surface area contributed by atoms with Crippen LogP contribution in [0.15, 0.2) is 12.7 Å². The third-order valence-electron chi connectivity index (χ3n) is 5.52. The number of carboxylic acids is 1. The number of aliphatic hydroxyl groups excluding tert-OH is 1. The Labute approximate surface area is 186 Å². The van der Waals surface area contributed by atoms with Crippen molar-refractivity contribution in [1.29, 1.82) is 0 Å². The summed E-state index contributed by atoms with van der Waals surface area (Å²) in [6, 6.07) is 0. The van der Waals surface area contributed by atoms with Gasteiger partial charge in [0.25, 0.3) is 0 Å². The van der Waals surface area contributed by atoms with E-state index in [9.17, 15) is 9.59 Å². The molecule has 176 valence electrons. The summed E-state index contributed by atoms with van der Waals surface area (Å²) in [7, 11) is 1.97. The molecule has 1 saturated heterocycles. The normalized spacial score (nSPS) is 18.5. The minimum absolute atomic E-state index is 0.0483. The van der Waals surface area contributed by atoms with Crippen molar-refractivity contribution in [2.75, 3.05) is 32.1 Å². The molecule has 1 aliphatic heterocycles. The lowest BCUT2D eigenvalue weighted by molar-refractivity contribution is -0.137. The molecule has 3 N–H and O–H groups in total. The fraction of sp³-hybridized carbons (Fsp3) is 0.667. The molecule has 11 nitrogen and oxygen atoms in total. The number of aromatic nitrogens is 4. The molecule has 0 aliphatic carbocycles. The predicted octanol–water partition coefficient (Wildman–Crippen LogP) is 1.79. The van der Waals surface area contributed by atoms with E-state index in [-0.39, 0.29) is 31.3 Å². The SMILES string of the molecule is CN(CCCC(=O)O)C[C@@H]1CC[C@H](n2cnc3c(NC(=O)CCCCCO)ncnc32)O1. The molecule has 2 atom stereocenters. The number of ether oxygens (including phenoxy) is 1. The molecule has 0 unspecified atom stereocenters. The van der Waals surface area contributed by atoms with Gasteiger partial charge in [-0.15, -0.1) is 0 Å². The predicted molar refractivity (Wildman–Crippen MR) is 117 cm³/mol. The molecule has 2 aromatic rings. The van der Waals surface area contributed by atoms with Gasteiger partial charge in [0.1, 0.15) is 12.6 Å². The van der Waals surface area contributed by atoms with E-state index in [1.165, 1.54) is 6.33 Å². The number of carboxylic acid groups (broad SMARTS) is 1. The number of hydrogen-bond acceptors (Lipinski definition) is 8. The number of carbonyl (C=O) groups is 2. The third-order valence-corrected chi connectivity index (χ3v) is 5.52. The topological polar surface area (TPSA) is 143 Å². The maximum atomic E-state index is 12.2. The first-order valence-electron chi connectivity index (χ1n) is 11.1. The standard InChI is InChI=1S/C21H32N6O5/c1-26(10-5-7-18(30)31)12-15-8-9-17(32-15)27-14-24-19-20(22-13-23-21(19)27)25-16(29)6-3-2-4-11-28/h13-15,17,28H,2-12H2,1H3,(H,30,31)(H,22,23,25,29)/t15-,17+/m0/s1. The highest BCUT2D eigenvalue weighted by Gasteiger charge is 2.29. The molecule has 1 amide bonds. The quantitative estimate of drug-likeness (QED) is 0.391. The first-order valence-corrected chi connectivity index (χ1v) is 11.1. The van der Waals surface area contributed by atoms with E-state index in [2.05, 4.69) is 25.2 Å².